The molecule has 0 saturated carbocycles. The first kappa shape index (κ1) is 16.0. The summed E-state index contributed by atoms with van der Waals surface area (Å²) in [5.74, 6) is 0.668. The van der Waals surface area contributed by atoms with Gasteiger partial charge in [-0.25, -0.2) is 0 Å². The van der Waals surface area contributed by atoms with Crippen LogP contribution in [0.2, 0.25) is 0 Å². The molecule has 1 unspecified atom stereocenters. The molecule has 1 amide bonds. The minimum Gasteiger partial charge on any atom is -0.379 e. The number of rotatable bonds is 6. The largest absolute Gasteiger partial charge is 0.379 e. The van der Waals surface area contributed by atoms with Gasteiger partial charge in [0.25, 0.3) is 0 Å². The van der Waals surface area contributed by atoms with Gasteiger partial charge in [-0.3, -0.25) is 10.1 Å². The van der Waals surface area contributed by atoms with Gasteiger partial charge in [-0.05, 0) is 30.9 Å². The summed E-state index contributed by atoms with van der Waals surface area (Å²) in [5, 5.41) is 3.31. The first-order valence-corrected chi connectivity index (χ1v) is 7.66. The van der Waals surface area contributed by atoms with E-state index < -0.39 is 0 Å². The lowest BCUT2D eigenvalue weighted by molar-refractivity contribution is -0.128. The van der Waals surface area contributed by atoms with Gasteiger partial charge in [0, 0.05) is 13.2 Å². The van der Waals surface area contributed by atoms with Crippen molar-refractivity contribution in [1.29, 1.82) is 0 Å². The van der Waals surface area contributed by atoms with Crippen LogP contribution in [0.4, 0.5) is 0 Å². The van der Waals surface area contributed by atoms with E-state index >= 15 is 0 Å². The minimum absolute atomic E-state index is 0.0277. The number of hydrogen-bond donors (Lipinski definition) is 1. The Morgan fingerprint density at radius 1 is 1.38 bits per heavy atom. The highest BCUT2D eigenvalue weighted by Crippen LogP contribution is 2.25. The lowest BCUT2D eigenvalue weighted by Crippen LogP contribution is -2.34. The second-order valence-corrected chi connectivity index (χ2v) is 6.20. The number of amides is 1. The third kappa shape index (κ3) is 4.05. The average molecular weight is 290 g/mol. The standard InChI is InChI=1S/C17H26N2O2/c1-12(2)11-21-8-7-19-16(20)10-18-17(19)15-9-13(3)5-6-14(15)4/h5-6,9,12,17-18H,7-8,10-11H2,1-4H3. The van der Waals surface area contributed by atoms with E-state index in [-0.39, 0.29) is 12.1 Å². The number of aryl methyl sites for hydroxylation is 2. The fourth-order valence-electron chi connectivity index (χ4n) is 2.61. The van der Waals surface area contributed by atoms with E-state index in [9.17, 15) is 4.79 Å². The summed E-state index contributed by atoms with van der Waals surface area (Å²) in [5.41, 5.74) is 3.61. The molecule has 1 aliphatic rings. The lowest BCUT2D eigenvalue weighted by Gasteiger charge is -2.26. The molecule has 0 aliphatic carbocycles. The molecule has 116 valence electrons. The smallest absolute Gasteiger partial charge is 0.238 e. The van der Waals surface area contributed by atoms with Crippen LogP contribution >= 0.6 is 0 Å². The highest BCUT2D eigenvalue weighted by molar-refractivity contribution is 5.81. The lowest BCUT2D eigenvalue weighted by atomic mass is 10.0. The maximum atomic E-state index is 12.1. The molecule has 0 spiro atoms. The van der Waals surface area contributed by atoms with Gasteiger partial charge in [0.05, 0.1) is 13.2 Å². The van der Waals surface area contributed by atoms with Crippen molar-refractivity contribution in [2.24, 2.45) is 5.92 Å². The zero-order valence-corrected chi connectivity index (χ0v) is 13.5. The summed E-state index contributed by atoms with van der Waals surface area (Å²) in [6, 6.07) is 6.38. The minimum atomic E-state index is -0.0277. The van der Waals surface area contributed by atoms with Crippen LogP contribution in [0.15, 0.2) is 18.2 Å². The number of nitrogens with zero attached hydrogens (tertiary/aromatic N) is 1. The highest BCUT2D eigenvalue weighted by atomic mass is 16.5. The van der Waals surface area contributed by atoms with Crippen molar-refractivity contribution in [3.8, 4) is 0 Å². The van der Waals surface area contributed by atoms with Crippen LogP contribution in [0.3, 0.4) is 0 Å². The van der Waals surface area contributed by atoms with Gasteiger partial charge < -0.3 is 9.64 Å². The summed E-state index contributed by atoms with van der Waals surface area (Å²) < 4.78 is 5.62. The van der Waals surface area contributed by atoms with Gasteiger partial charge in [0.1, 0.15) is 6.17 Å². The van der Waals surface area contributed by atoms with Gasteiger partial charge in [0.2, 0.25) is 5.91 Å². The summed E-state index contributed by atoms with van der Waals surface area (Å²) in [6.07, 6.45) is -0.0277. The van der Waals surface area contributed by atoms with Gasteiger partial charge in [-0.1, -0.05) is 37.6 Å². The molecular weight excluding hydrogens is 264 g/mol. The first-order valence-electron chi connectivity index (χ1n) is 7.66. The van der Waals surface area contributed by atoms with E-state index in [2.05, 4.69) is 51.2 Å². The summed E-state index contributed by atoms with van der Waals surface area (Å²) in [4.78, 5) is 14.0. The Morgan fingerprint density at radius 2 is 2.14 bits per heavy atom. The maximum absolute atomic E-state index is 12.1. The average Bonchev–Trinajstić information content (AvgIpc) is 2.79. The molecule has 1 fully saturated rings. The van der Waals surface area contributed by atoms with Crippen LogP contribution in [0.25, 0.3) is 0 Å². The van der Waals surface area contributed by atoms with Crippen LogP contribution in [-0.2, 0) is 9.53 Å². The fraction of sp³-hybridized carbons (Fsp3) is 0.588. The monoisotopic (exact) mass is 290 g/mol. The van der Waals surface area contributed by atoms with E-state index in [0.29, 0.717) is 25.6 Å². The maximum Gasteiger partial charge on any atom is 0.238 e. The Hall–Kier alpha value is -1.39. The zero-order chi connectivity index (χ0) is 15.4. The molecule has 0 aromatic heterocycles. The second kappa shape index (κ2) is 7.05. The van der Waals surface area contributed by atoms with E-state index in [1.165, 1.54) is 16.7 Å². The zero-order valence-electron chi connectivity index (χ0n) is 13.5. The van der Waals surface area contributed by atoms with E-state index in [1.807, 2.05) is 4.90 Å². The molecule has 0 radical (unpaired) electrons. The quantitative estimate of drug-likeness (QED) is 0.818. The van der Waals surface area contributed by atoms with E-state index in [1.54, 1.807) is 0 Å². The summed E-state index contributed by atoms with van der Waals surface area (Å²) >= 11 is 0. The van der Waals surface area contributed by atoms with Crippen LogP contribution in [0.5, 0.6) is 0 Å². The SMILES string of the molecule is Cc1ccc(C)c(C2NCC(=O)N2CCOCC(C)C)c1. The number of hydrogen-bond acceptors (Lipinski definition) is 3. The predicted octanol–water partition coefficient (Wildman–Crippen LogP) is 2.41. The van der Waals surface area contributed by atoms with Crippen LogP contribution in [0, 0.1) is 19.8 Å². The van der Waals surface area contributed by atoms with Gasteiger partial charge in [-0.15, -0.1) is 0 Å². The van der Waals surface area contributed by atoms with Crippen LogP contribution in [-0.4, -0.2) is 37.1 Å². The molecule has 1 aromatic rings. The molecule has 4 heteroatoms. The number of nitrogens with one attached hydrogen (secondary N) is 1. The van der Waals surface area contributed by atoms with Crippen LogP contribution < -0.4 is 5.32 Å². The van der Waals surface area contributed by atoms with Gasteiger partial charge >= 0.3 is 0 Å². The number of carbonyl (C=O) groups excluding carboxylic acids is 1. The van der Waals surface area contributed by atoms with Crippen molar-refractivity contribution in [3.63, 3.8) is 0 Å². The third-order valence-corrected chi connectivity index (χ3v) is 3.74. The van der Waals surface area contributed by atoms with Crippen molar-refractivity contribution in [2.75, 3.05) is 26.3 Å². The van der Waals surface area contributed by atoms with E-state index in [4.69, 9.17) is 4.74 Å². The van der Waals surface area contributed by atoms with Crippen molar-refractivity contribution < 1.29 is 9.53 Å². The third-order valence-electron chi connectivity index (χ3n) is 3.74. The Morgan fingerprint density at radius 3 is 2.86 bits per heavy atom. The Kier molecular flexibility index (Phi) is 5.37. The molecule has 4 nitrogen and oxygen atoms in total. The Balaban J connectivity index is 2.04. The molecule has 2 rings (SSSR count). The molecule has 1 aliphatic heterocycles. The molecule has 1 heterocycles. The molecule has 1 saturated heterocycles. The fourth-order valence-corrected chi connectivity index (χ4v) is 2.61. The highest BCUT2D eigenvalue weighted by Gasteiger charge is 2.32. The number of benzene rings is 1. The summed E-state index contributed by atoms with van der Waals surface area (Å²) in [6.45, 7) is 10.8. The van der Waals surface area contributed by atoms with Crippen molar-refractivity contribution in [3.05, 3.63) is 34.9 Å². The number of carbonyl (C=O) groups is 1. The topological polar surface area (TPSA) is 41.6 Å². The Bertz CT molecular complexity index is 500. The molecule has 21 heavy (non-hydrogen) atoms. The Labute approximate surface area is 127 Å². The van der Waals surface area contributed by atoms with E-state index in [0.717, 1.165) is 6.61 Å². The molecule has 1 aromatic carbocycles. The molecule has 1 N–H and O–H groups in total. The first-order chi connectivity index (χ1) is 9.99. The van der Waals surface area contributed by atoms with Gasteiger partial charge in [0.15, 0.2) is 0 Å². The van der Waals surface area contributed by atoms with Gasteiger partial charge in [-0.2, -0.15) is 0 Å². The van der Waals surface area contributed by atoms with Crippen LogP contribution in [0.1, 0.15) is 36.7 Å². The molecule has 1 atom stereocenters. The summed E-state index contributed by atoms with van der Waals surface area (Å²) in [7, 11) is 0. The van der Waals surface area contributed by atoms with Crippen molar-refractivity contribution in [1.82, 2.24) is 10.2 Å². The normalized spacial score (nSPS) is 18.8. The molecular formula is C17H26N2O2. The van der Waals surface area contributed by atoms with Crippen molar-refractivity contribution in [2.45, 2.75) is 33.9 Å². The second-order valence-electron chi connectivity index (χ2n) is 6.20. The van der Waals surface area contributed by atoms with Crippen molar-refractivity contribution >= 4 is 5.91 Å². The molecule has 0 bridgehead atoms. The number of ether oxygens (including phenoxy) is 1. The predicted molar refractivity (Wildman–Crippen MR) is 84.0 cm³/mol.